The van der Waals surface area contributed by atoms with Crippen molar-refractivity contribution in [2.45, 2.75) is 0 Å². The van der Waals surface area contributed by atoms with Crippen molar-refractivity contribution >= 4 is 50.2 Å². The maximum atomic E-state index is 12.4. The number of benzene rings is 3. The Bertz CT molecular complexity index is 1260. The minimum absolute atomic E-state index is 0.00216. The smallest absolute Gasteiger partial charge is 0.260 e. The van der Waals surface area contributed by atoms with Gasteiger partial charge in [-0.1, -0.05) is 41.9 Å². The molecule has 0 aliphatic carbocycles. The number of carbonyl (C=O) groups is 1. The summed E-state index contributed by atoms with van der Waals surface area (Å²) < 4.78 is 30.4. The van der Waals surface area contributed by atoms with Crippen LogP contribution in [0.2, 0.25) is 5.02 Å². The summed E-state index contributed by atoms with van der Waals surface area (Å²) >= 11 is 6.08. The van der Waals surface area contributed by atoms with Crippen molar-refractivity contribution in [1.29, 1.82) is 0 Å². The summed E-state index contributed by atoms with van der Waals surface area (Å²) in [5, 5.41) is 15.9. The maximum Gasteiger partial charge on any atom is 0.260 e. The molecule has 0 unspecified atom stereocenters. The molecule has 0 aromatic heterocycles. The summed E-state index contributed by atoms with van der Waals surface area (Å²) in [4.78, 5) is 12.4. The first-order valence-corrected chi connectivity index (χ1v) is 11.3. The van der Waals surface area contributed by atoms with Crippen LogP contribution in [0, 0.1) is 0 Å². The summed E-state index contributed by atoms with van der Waals surface area (Å²) in [6.07, 6.45) is 2.29. The van der Waals surface area contributed by atoms with Crippen molar-refractivity contribution in [1.82, 2.24) is 5.43 Å². The number of nitrogens with one attached hydrogen (secondary N) is 1. The number of carbonyl (C=O) groups excluding carboxylic acids is 1. The van der Waals surface area contributed by atoms with E-state index in [1.165, 1.54) is 37.6 Å². The number of rotatable bonds is 7. The van der Waals surface area contributed by atoms with Crippen molar-refractivity contribution < 1.29 is 23.1 Å². The van der Waals surface area contributed by atoms with Crippen LogP contribution in [0.1, 0.15) is 5.56 Å². The van der Waals surface area contributed by atoms with Crippen LogP contribution in [0.25, 0.3) is 10.8 Å². The van der Waals surface area contributed by atoms with Gasteiger partial charge in [0.05, 0.1) is 30.3 Å². The first-order valence-electron chi connectivity index (χ1n) is 9.04. The zero-order valence-electron chi connectivity index (χ0n) is 16.7. The number of fused-ring (bicyclic) bond motifs is 1. The van der Waals surface area contributed by atoms with E-state index >= 15 is 0 Å². The minimum atomic E-state index is -3.78. The summed E-state index contributed by atoms with van der Waals surface area (Å²) in [6, 6.07) is 15.1. The van der Waals surface area contributed by atoms with Gasteiger partial charge in [-0.25, -0.2) is 13.8 Å². The summed E-state index contributed by atoms with van der Waals surface area (Å²) in [5.41, 5.74) is 2.93. The van der Waals surface area contributed by atoms with E-state index in [-0.39, 0.29) is 16.5 Å². The summed E-state index contributed by atoms with van der Waals surface area (Å²) in [5.74, 6) is -0.293. The van der Waals surface area contributed by atoms with Crippen LogP contribution in [0.5, 0.6) is 11.5 Å². The van der Waals surface area contributed by atoms with E-state index in [0.717, 1.165) is 21.3 Å². The number of amides is 1. The molecule has 0 saturated carbocycles. The van der Waals surface area contributed by atoms with Crippen molar-refractivity contribution in [2.24, 2.45) is 5.10 Å². The number of nitrogens with zero attached hydrogens (tertiary/aromatic N) is 2. The van der Waals surface area contributed by atoms with Gasteiger partial charge < -0.3 is 9.84 Å². The van der Waals surface area contributed by atoms with Gasteiger partial charge in [-0.15, -0.1) is 0 Å². The average Bonchev–Trinajstić information content (AvgIpc) is 2.72. The van der Waals surface area contributed by atoms with Crippen molar-refractivity contribution in [3.8, 4) is 11.5 Å². The zero-order chi connectivity index (χ0) is 22.6. The third-order valence-electron chi connectivity index (χ3n) is 4.44. The van der Waals surface area contributed by atoms with E-state index < -0.39 is 22.5 Å². The van der Waals surface area contributed by atoms with Gasteiger partial charge in [0.15, 0.2) is 0 Å². The van der Waals surface area contributed by atoms with Crippen LogP contribution < -0.4 is 14.5 Å². The predicted molar refractivity (Wildman–Crippen MR) is 122 cm³/mol. The second-order valence-electron chi connectivity index (χ2n) is 6.60. The average molecular weight is 462 g/mol. The molecule has 3 rings (SSSR count). The molecule has 162 valence electrons. The lowest BCUT2D eigenvalue weighted by molar-refractivity contribution is -0.119. The number of halogens is 1. The zero-order valence-corrected chi connectivity index (χ0v) is 18.3. The van der Waals surface area contributed by atoms with Gasteiger partial charge in [0, 0.05) is 5.56 Å². The Morgan fingerprint density at radius 2 is 1.97 bits per heavy atom. The van der Waals surface area contributed by atoms with Gasteiger partial charge in [0.1, 0.15) is 18.0 Å². The Balaban J connectivity index is 1.78. The molecule has 0 heterocycles. The Hall–Kier alpha value is -3.30. The molecule has 0 spiro atoms. The van der Waals surface area contributed by atoms with Gasteiger partial charge >= 0.3 is 0 Å². The van der Waals surface area contributed by atoms with Crippen LogP contribution in [0.15, 0.2) is 59.7 Å². The number of methoxy groups -OCH3 is 1. The Labute approximate surface area is 184 Å². The van der Waals surface area contributed by atoms with Crippen LogP contribution in [-0.2, 0) is 14.8 Å². The molecule has 10 heteroatoms. The molecule has 0 bridgehead atoms. The molecule has 0 atom stereocenters. The quantitative estimate of drug-likeness (QED) is 0.415. The summed E-state index contributed by atoms with van der Waals surface area (Å²) in [6.45, 7) is -0.514. The van der Waals surface area contributed by atoms with Gasteiger partial charge in [-0.2, -0.15) is 5.10 Å². The molecule has 0 radical (unpaired) electrons. The lowest BCUT2D eigenvalue weighted by Crippen LogP contribution is -2.39. The standard InChI is InChI=1S/C21H20ClN3O5S/c1-30-20-10-8-15(11-18(20)22)25(31(2,28)29)13-21(27)24-23-12-17-16-6-4-3-5-14(16)7-9-19(17)26/h3-12,26H,13H2,1-2H3,(H,24,27)/b23-12-. The molecule has 3 aromatic rings. The van der Waals surface area contributed by atoms with Gasteiger partial charge in [-0.3, -0.25) is 9.10 Å². The molecule has 0 saturated heterocycles. The van der Waals surface area contributed by atoms with E-state index in [1.807, 2.05) is 24.3 Å². The number of hydrazone groups is 1. The number of hydrogen-bond acceptors (Lipinski definition) is 6. The minimum Gasteiger partial charge on any atom is -0.507 e. The number of ether oxygens (including phenoxy) is 1. The van der Waals surface area contributed by atoms with Crippen molar-refractivity contribution in [3.63, 3.8) is 0 Å². The largest absolute Gasteiger partial charge is 0.507 e. The molecule has 31 heavy (non-hydrogen) atoms. The fourth-order valence-electron chi connectivity index (χ4n) is 2.96. The van der Waals surface area contributed by atoms with Crippen LogP contribution in [0.3, 0.4) is 0 Å². The van der Waals surface area contributed by atoms with Crippen LogP contribution >= 0.6 is 11.6 Å². The highest BCUT2D eigenvalue weighted by Crippen LogP contribution is 2.30. The molecule has 8 nitrogen and oxygen atoms in total. The van der Waals surface area contributed by atoms with E-state index in [4.69, 9.17) is 16.3 Å². The first-order chi connectivity index (χ1) is 14.7. The van der Waals surface area contributed by atoms with E-state index in [1.54, 1.807) is 6.07 Å². The molecule has 0 aliphatic rings. The predicted octanol–water partition coefficient (Wildman–Crippen LogP) is 3.12. The lowest BCUT2D eigenvalue weighted by Gasteiger charge is -2.22. The van der Waals surface area contributed by atoms with Crippen molar-refractivity contribution in [3.05, 3.63) is 65.2 Å². The second-order valence-corrected chi connectivity index (χ2v) is 8.92. The van der Waals surface area contributed by atoms with Gasteiger partial charge in [0.2, 0.25) is 10.0 Å². The SMILES string of the molecule is COc1ccc(N(CC(=O)N/N=C\c2c(O)ccc3ccccc23)S(C)(=O)=O)cc1Cl. The number of hydrogen-bond donors (Lipinski definition) is 2. The summed E-state index contributed by atoms with van der Waals surface area (Å²) in [7, 11) is -2.34. The number of anilines is 1. The van der Waals surface area contributed by atoms with E-state index in [2.05, 4.69) is 10.5 Å². The van der Waals surface area contributed by atoms with E-state index in [9.17, 15) is 18.3 Å². The highest BCUT2D eigenvalue weighted by molar-refractivity contribution is 7.92. The third kappa shape index (κ3) is 5.25. The highest BCUT2D eigenvalue weighted by Gasteiger charge is 2.21. The Morgan fingerprint density at radius 3 is 2.65 bits per heavy atom. The van der Waals surface area contributed by atoms with Gasteiger partial charge in [0.25, 0.3) is 5.91 Å². The van der Waals surface area contributed by atoms with E-state index in [0.29, 0.717) is 11.3 Å². The third-order valence-corrected chi connectivity index (χ3v) is 5.88. The molecular weight excluding hydrogens is 442 g/mol. The molecule has 0 fully saturated rings. The normalized spacial score (nSPS) is 11.6. The Kier molecular flexibility index (Phi) is 6.67. The number of aromatic hydroxyl groups is 1. The maximum absolute atomic E-state index is 12.4. The second kappa shape index (κ2) is 9.23. The number of phenolic OH excluding ortho intramolecular Hbond substituents is 1. The lowest BCUT2D eigenvalue weighted by atomic mass is 10.0. The highest BCUT2D eigenvalue weighted by atomic mass is 35.5. The number of sulfonamides is 1. The first kappa shape index (κ1) is 22.4. The van der Waals surface area contributed by atoms with Crippen LogP contribution in [-0.4, -0.2) is 45.6 Å². The fraction of sp³-hybridized carbons (Fsp3) is 0.143. The number of phenols is 1. The molecule has 2 N–H and O–H groups in total. The molecule has 3 aromatic carbocycles. The monoisotopic (exact) mass is 461 g/mol. The Morgan fingerprint density at radius 1 is 1.23 bits per heavy atom. The van der Waals surface area contributed by atoms with Crippen molar-refractivity contribution in [2.75, 3.05) is 24.2 Å². The molecule has 0 aliphatic heterocycles. The molecular formula is C21H20ClN3O5S. The van der Waals surface area contributed by atoms with Gasteiger partial charge in [-0.05, 0) is 35.0 Å². The van der Waals surface area contributed by atoms with Crippen LogP contribution in [0.4, 0.5) is 5.69 Å². The molecule has 1 amide bonds. The topological polar surface area (TPSA) is 108 Å². The fourth-order valence-corrected chi connectivity index (χ4v) is 4.07.